The fraction of sp³-hybridized carbons (Fsp3) is 0.353. The van der Waals surface area contributed by atoms with E-state index in [9.17, 15) is 0 Å². The fourth-order valence-corrected chi connectivity index (χ4v) is 2.46. The van der Waals surface area contributed by atoms with E-state index in [1.54, 1.807) is 12.4 Å². The van der Waals surface area contributed by atoms with Gasteiger partial charge >= 0.3 is 0 Å². The maximum absolute atomic E-state index is 6.03. The molecule has 0 aliphatic carbocycles. The molecule has 1 aromatic carbocycles. The number of aryl methyl sites for hydroxylation is 1. The SMILES string of the molecule is Cc1cc(Br)ccc1Oc1cnccc1CNCC(C)C. The van der Waals surface area contributed by atoms with Crippen LogP contribution in [0, 0.1) is 12.8 Å². The molecule has 1 heterocycles. The maximum atomic E-state index is 6.03. The lowest BCUT2D eigenvalue weighted by Gasteiger charge is -2.14. The zero-order chi connectivity index (χ0) is 15.2. The lowest BCUT2D eigenvalue weighted by Crippen LogP contribution is -2.19. The van der Waals surface area contributed by atoms with Crippen molar-refractivity contribution in [2.45, 2.75) is 27.3 Å². The summed E-state index contributed by atoms with van der Waals surface area (Å²) in [5.41, 5.74) is 2.21. The van der Waals surface area contributed by atoms with Crippen LogP contribution in [0.2, 0.25) is 0 Å². The number of nitrogens with one attached hydrogen (secondary N) is 1. The molecule has 3 nitrogen and oxygen atoms in total. The second-order valence-corrected chi connectivity index (χ2v) is 6.44. The third-order valence-corrected chi connectivity index (χ3v) is 3.59. The average molecular weight is 349 g/mol. The quantitative estimate of drug-likeness (QED) is 0.822. The van der Waals surface area contributed by atoms with Crippen LogP contribution in [0.15, 0.2) is 41.1 Å². The number of hydrogen-bond donors (Lipinski definition) is 1. The molecule has 0 saturated heterocycles. The molecule has 112 valence electrons. The van der Waals surface area contributed by atoms with Gasteiger partial charge < -0.3 is 10.1 Å². The van der Waals surface area contributed by atoms with Crippen molar-refractivity contribution in [3.8, 4) is 11.5 Å². The molecule has 1 N–H and O–H groups in total. The minimum Gasteiger partial charge on any atom is -0.455 e. The number of ether oxygens (including phenoxy) is 1. The van der Waals surface area contributed by atoms with Crippen LogP contribution >= 0.6 is 15.9 Å². The van der Waals surface area contributed by atoms with Crippen molar-refractivity contribution in [1.29, 1.82) is 0 Å². The summed E-state index contributed by atoms with van der Waals surface area (Å²) >= 11 is 3.47. The number of halogens is 1. The first-order valence-corrected chi connectivity index (χ1v) is 7.93. The van der Waals surface area contributed by atoms with Gasteiger partial charge in [0.15, 0.2) is 0 Å². The van der Waals surface area contributed by atoms with Crippen LogP contribution in [0.1, 0.15) is 25.0 Å². The van der Waals surface area contributed by atoms with Crippen LogP contribution < -0.4 is 10.1 Å². The van der Waals surface area contributed by atoms with E-state index in [4.69, 9.17) is 4.74 Å². The summed E-state index contributed by atoms with van der Waals surface area (Å²) in [5.74, 6) is 2.29. The number of nitrogens with zero attached hydrogens (tertiary/aromatic N) is 1. The fourth-order valence-electron chi connectivity index (χ4n) is 1.99. The molecule has 1 aromatic heterocycles. The van der Waals surface area contributed by atoms with Crippen molar-refractivity contribution in [1.82, 2.24) is 10.3 Å². The van der Waals surface area contributed by atoms with E-state index in [2.05, 4.69) is 40.1 Å². The first-order chi connectivity index (χ1) is 10.1. The summed E-state index contributed by atoms with van der Waals surface area (Å²) < 4.78 is 7.08. The van der Waals surface area contributed by atoms with E-state index in [1.165, 1.54) is 0 Å². The molecule has 21 heavy (non-hydrogen) atoms. The molecule has 0 aliphatic heterocycles. The zero-order valence-electron chi connectivity index (χ0n) is 12.7. The summed E-state index contributed by atoms with van der Waals surface area (Å²) in [6.45, 7) is 8.20. The molecule has 0 bridgehead atoms. The standard InChI is InChI=1S/C17H21BrN2O/c1-12(2)9-20-10-14-6-7-19-11-17(14)21-16-5-4-15(18)8-13(16)3/h4-8,11-12,20H,9-10H2,1-3H3. The Morgan fingerprint density at radius 3 is 2.76 bits per heavy atom. The number of aromatic nitrogens is 1. The summed E-state index contributed by atoms with van der Waals surface area (Å²) in [7, 11) is 0. The lowest BCUT2D eigenvalue weighted by molar-refractivity contribution is 0.463. The van der Waals surface area contributed by atoms with Crippen LogP contribution in [-0.4, -0.2) is 11.5 Å². The third kappa shape index (κ3) is 4.83. The van der Waals surface area contributed by atoms with Gasteiger partial charge in [0.25, 0.3) is 0 Å². The minimum absolute atomic E-state index is 0.630. The van der Waals surface area contributed by atoms with Gasteiger partial charge in [-0.1, -0.05) is 29.8 Å². The highest BCUT2D eigenvalue weighted by atomic mass is 79.9. The highest BCUT2D eigenvalue weighted by Gasteiger charge is 2.07. The lowest BCUT2D eigenvalue weighted by atomic mass is 10.2. The summed E-state index contributed by atoms with van der Waals surface area (Å²) in [6.07, 6.45) is 3.57. The molecule has 0 atom stereocenters. The Labute approximate surface area is 134 Å². The highest BCUT2D eigenvalue weighted by Crippen LogP contribution is 2.29. The van der Waals surface area contributed by atoms with E-state index in [0.717, 1.165) is 40.2 Å². The maximum Gasteiger partial charge on any atom is 0.150 e. The number of hydrogen-bond acceptors (Lipinski definition) is 3. The van der Waals surface area contributed by atoms with Crippen molar-refractivity contribution < 1.29 is 4.74 Å². The van der Waals surface area contributed by atoms with Crippen LogP contribution in [0.3, 0.4) is 0 Å². The monoisotopic (exact) mass is 348 g/mol. The molecule has 4 heteroatoms. The first-order valence-electron chi connectivity index (χ1n) is 7.14. The molecular weight excluding hydrogens is 328 g/mol. The van der Waals surface area contributed by atoms with Crippen molar-refractivity contribution >= 4 is 15.9 Å². The Kier molecular flexibility index (Phi) is 5.76. The highest BCUT2D eigenvalue weighted by molar-refractivity contribution is 9.10. The Balaban J connectivity index is 2.12. The van der Waals surface area contributed by atoms with Gasteiger partial charge in [-0.15, -0.1) is 0 Å². The van der Waals surface area contributed by atoms with Gasteiger partial charge in [0.05, 0.1) is 6.20 Å². The molecule has 0 unspecified atom stereocenters. The topological polar surface area (TPSA) is 34.1 Å². The van der Waals surface area contributed by atoms with Crippen LogP contribution in [0.4, 0.5) is 0 Å². The summed E-state index contributed by atoms with van der Waals surface area (Å²) in [4.78, 5) is 4.17. The molecule has 0 fully saturated rings. The number of benzene rings is 1. The normalized spacial score (nSPS) is 10.9. The van der Waals surface area contributed by atoms with Gasteiger partial charge in [-0.3, -0.25) is 4.98 Å². The van der Waals surface area contributed by atoms with Crippen LogP contribution in [0.5, 0.6) is 11.5 Å². The predicted octanol–water partition coefficient (Wildman–Crippen LogP) is 4.69. The van der Waals surface area contributed by atoms with Gasteiger partial charge in [-0.2, -0.15) is 0 Å². The second-order valence-electron chi connectivity index (χ2n) is 5.52. The first kappa shape index (κ1) is 16.0. The predicted molar refractivity (Wildman–Crippen MR) is 89.7 cm³/mol. The Bertz CT molecular complexity index is 599. The van der Waals surface area contributed by atoms with E-state index in [1.807, 2.05) is 31.2 Å². The van der Waals surface area contributed by atoms with Gasteiger partial charge in [-0.05, 0) is 49.2 Å². The minimum atomic E-state index is 0.630. The van der Waals surface area contributed by atoms with E-state index in [-0.39, 0.29) is 0 Å². The molecule has 0 aliphatic rings. The van der Waals surface area contributed by atoms with E-state index >= 15 is 0 Å². The number of rotatable bonds is 6. The van der Waals surface area contributed by atoms with Gasteiger partial charge in [0, 0.05) is 22.8 Å². The molecule has 0 saturated carbocycles. The Morgan fingerprint density at radius 1 is 1.24 bits per heavy atom. The van der Waals surface area contributed by atoms with Crippen molar-refractivity contribution in [2.24, 2.45) is 5.92 Å². The van der Waals surface area contributed by atoms with E-state index in [0.29, 0.717) is 5.92 Å². The van der Waals surface area contributed by atoms with Gasteiger partial charge in [-0.25, -0.2) is 0 Å². The molecule has 2 aromatic rings. The van der Waals surface area contributed by atoms with Gasteiger partial charge in [0.2, 0.25) is 0 Å². The molecule has 2 rings (SSSR count). The molecular formula is C17H21BrN2O. The molecule has 0 amide bonds. The zero-order valence-corrected chi connectivity index (χ0v) is 14.3. The van der Waals surface area contributed by atoms with Crippen LogP contribution in [0.25, 0.3) is 0 Å². The van der Waals surface area contributed by atoms with Gasteiger partial charge in [0.1, 0.15) is 11.5 Å². The smallest absolute Gasteiger partial charge is 0.150 e. The molecule has 0 spiro atoms. The second kappa shape index (κ2) is 7.57. The average Bonchev–Trinajstić information content (AvgIpc) is 2.43. The van der Waals surface area contributed by atoms with Crippen LogP contribution in [-0.2, 0) is 6.54 Å². The third-order valence-electron chi connectivity index (χ3n) is 3.09. The Hall–Kier alpha value is -1.39. The number of pyridine rings is 1. The largest absolute Gasteiger partial charge is 0.455 e. The van der Waals surface area contributed by atoms with Crippen molar-refractivity contribution in [3.63, 3.8) is 0 Å². The van der Waals surface area contributed by atoms with E-state index < -0.39 is 0 Å². The Morgan fingerprint density at radius 2 is 2.05 bits per heavy atom. The summed E-state index contributed by atoms with van der Waals surface area (Å²) in [6, 6.07) is 7.99. The van der Waals surface area contributed by atoms with Crippen molar-refractivity contribution in [3.05, 3.63) is 52.3 Å². The molecule has 0 radical (unpaired) electrons. The van der Waals surface area contributed by atoms with Crippen molar-refractivity contribution in [2.75, 3.05) is 6.54 Å². The summed E-state index contributed by atoms with van der Waals surface area (Å²) in [5, 5.41) is 3.44.